The van der Waals surface area contributed by atoms with Gasteiger partial charge < -0.3 is 14.8 Å². The lowest BCUT2D eigenvalue weighted by Crippen LogP contribution is -2.28. The second-order valence-electron chi connectivity index (χ2n) is 6.32. The fourth-order valence-electron chi connectivity index (χ4n) is 2.68. The van der Waals surface area contributed by atoms with Crippen molar-refractivity contribution in [2.75, 3.05) is 18.4 Å². The Morgan fingerprint density at radius 3 is 2.27 bits per heavy atom. The molecule has 0 aliphatic carbocycles. The molecule has 8 heteroatoms. The van der Waals surface area contributed by atoms with Gasteiger partial charge in [-0.05, 0) is 42.5 Å². The number of anilines is 1. The quantitative estimate of drug-likeness (QED) is 0.548. The first kappa shape index (κ1) is 21.2. The van der Waals surface area contributed by atoms with E-state index in [0.29, 0.717) is 23.7 Å². The maximum Gasteiger partial charge on any atom is 0.261 e. The summed E-state index contributed by atoms with van der Waals surface area (Å²) in [5.41, 5.74) is 1.33. The van der Waals surface area contributed by atoms with Crippen LogP contribution >= 0.6 is 0 Å². The number of rotatable bonds is 9. The number of sulfonamides is 1. The highest BCUT2D eigenvalue weighted by Crippen LogP contribution is 2.19. The third-order valence-corrected chi connectivity index (χ3v) is 5.60. The molecule has 156 valence electrons. The molecule has 7 nitrogen and oxygen atoms in total. The minimum absolute atomic E-state index is 0.0966. The Bertz CT molecular complexity index is 1080. The molecule has 3 aromatic carbocycles. The number of ether oxygens (including phenoxy) is 2. The molecule has 0 saturated carbocycles. The van der Waals surface area contributed by atoms with Gasteiger partial charge in [0, 0.05) is 17.8 Å². The second kappa shape index (κ2) is 9.80. The van der Waals surface area contributed by atoms with Crippen LogP contribution in [0.4, 0.5) is 5.69 Å². The van der Waals surface area contributed by atoms with Crippen molar-refractivity contribution < 1.29 is 22.7 Å². The van der Waals surface area contributed by atoms with Gasteiger partial charge in [0.15, 0.2) is 6.61 Å². The van der Waals surface area contributed by atoms with Crippen LogP contribution in [0.25, 0.3) is 0 Å². The van der Waals surface area contributed by atoms with Gasteiger partial charge in [0.2, 0.25) is 0 Å². The normalized spacial score (nSPS) is 10.8. The molecule has 0 aliphatic rings. The monoisotopic (exact) mass is 426 g/mol. The molecule has 3 rings (SSSR count). The van der Waals surface area contributed by atoms with Crippen LogP contribution in [0.15, 0.2) is 83.8 Å². The van der Waals surface area contributed by atoms with Gasteiger partial charge in [0.05, 0.1) is 12.0 Å². The van der Waals surface area contributed by atoms with Gasteiger partial charge in [-0.3, -0.25) is 9.52 Å². The summed E-state index contributed by atoms with van der Waals surface area (Å²) in [7, 11) is -2.13. The topological polar surface area (TPSA) is 93.7 Å². The van der Waals surface area contributed by atoms with Crippen molar-refractivity contribution in [3.63, 3.8) is 0 Å². The lowest BCUT2D eigenvalue weighted by Gasteiger charge is -2.11. The summed E-state index contributed by atoms with van der Waals surface area (Å²) in [4.78, 5) is 12.1. The Kier molecular flexibility index (Phi) is 6.92. The highest BCUT2D eigenvalue weighted by Gasteiger charge is 2.14. The first-order chi connectivity index (χ1) is 14.5. The molecular formula is C22H22N2O5S. The molecule has 0 saturated heterocycles. The van der Waals surface area contributed by atoms with Gasteiger partial charge >= 0.3 is 0 Å². The fourth-order valence-corrected chi connectivity index (χ4v) is 3.74. The molecule has 0 spiro atoms. The predicted octanol–water partition coefficient (Wildman–Crippen LogP) is 3.19. The van der Waals surface area contributed by atoms with Crippen LogP contribution in [0.1, 0.15) is 5.56 Å². The van der Waals surface area contributed by atoms with E-state index >= 15 is 0 Å². The first-order valence-corrected chi connectivity index (χ1v) is 10.7. The Hall–Kier alpha value is -3.52. The summed E-state index contributed by atoms with van der Waals surface area (Å²) in [5.74, 6) is 0.782. The smallest absolute Gasteiger partial charge is 0.261 e. The number of carbonyl (C=O) groups is 1. The molecule has 0 heterocycles. The van der Waals surface area contributed by atoms with Gasteiger partial charge in [0.25, 0.3) is 15.9 Å². The van der Waals surface area contributed by atoms with E-state index in [2.05, 4.69) is 10.0 Å². The van der Waals surface area contributed by atoms with Crippen molar-refractivity contribution in [1.82, 2.24) is 5.32 Å². The number of amides is 1. The van der Waals surface area contributed by atoms with Crippen molar-refractivity contribution in [2.45, 2.75) is 11.4 Å². The van der Waals surface area contributed by atoms with E-state index in [1.165, 1.54) is 24.3 Å². The van der Waals surface area contributed by atoms with Crippen LogP contribution in [0.3, 0.4) is 0 Å². The van der Waals surface area contributed by atoms with Gasteiger partial charge in [-0.1, -0.05) is 36.4 Å². The number of carbonyl (C=O) groups excluding carboxylic acids is 1. The third-order valence-electron chi connectivity index (χ3n) is 4.20. The molecule has 3 aromatic rings. The zero-order chi connectivity index (χ0) is 21.4. The molecule has 30 heavy (non-hydrogen) atoms. The van der Waals surface area contributed by atoms with E-state index < -0.39 is 10.0 Å². The van der Waals surface area contributed by atoms with E-state index in [0.717, 1.165) is 5.56 Å². The maximum absolute atomic E-state index is 12.4. The molecule has 0 bridgehead atoms. The van der Waals surface area contributed by atoms with Crippen LogP contribution in [0.2, 0.25) is 0 Å². The molecular weight excluding hydrogens is 404 g/mol. The average Bonchev–Trinajstić information content (AvgIpc) is 2.77. The average molecular weight is 426 g/mol. The predicted molar refractivity (Wildman–Crippen MR) is 114 cm³/mol. The molecule has 1 amide bonds. The lowest BCUT2D eigenvalue weighted by atomic mass is 10.2. The zero-order valence-electron chi connectivity index (χ0n) is 16.4. The van der Waals surface area contributed by atoms with Crippen molar-refractivity contribution >= 4 is 21.6 Å². The summed E-state index contributed by atoms with van der Waals surface area (Å²) in [6.45, 7) is 0.123. The van der Waals surface area contributed by atoms with E-state index in [9.17, 15) is 13.2 Å². The largest absolute Gasteiger partial charge is 0.496 e. The molecule has 2 N–H and O–H groups in total. The van der Waals surface area contributed by atoms with Crippen LogP contribution < -0.4 is 19.5 Å². The summed E-state index contributed by atoms with van der Waals surface area (Å²) in [6.07, 6.45) is 0. The molecule has 0 atom stereocenters. The van der Waals surface area contributed by atoms with Crippen molar-refractivity contribution in [1.29, 1.82) is 0 Å². The molecule has 0 aromatic heterocycles. The summed E-state index contributed by atoms with van der Waals surface area (Å²) in [6, 6.07) is 21.9. The summed E-state index contributed by atoms with van der Waals surface area (Å²) < 4.78 is 38.0. The Morgan fingerprint density at radius 1 is 0.900 bits per heavy atom. The molecule has 0 radical (unpaired) electrons. The Labute approximate surface area is 175 Å². The molecule has 0 fully saturated rings. The van der Waals surface area contributed by atoms with Crippen LogP contribution in [-0.2, 0) is 21.4 Å². The highest BCUT2D eigenvalue weighted by molar-refractivity contribution is 7.92. The van der Waals surface area contributed by atoms with Gasteiger partial charge in [-0.15, -0.1) is 0 Å². The van der Waals surface area contributed by atoms with E-state index in [1.807, 2.05) is 24.3 Å². The van der Waals surface area contributed by atoms with E-state index in [4.69, 9.17) is 9.47 Å². The summed E-state index contributed by atoms with van der Waals surface area (Å²) in [5, 5.41) is 2.76. The van der Waals surface area contributed by atoms with Gasteiger partial charge in [-0.2, -0.15) is 0 Å². The van der Waals surface area contributed by atoms with Crippen LogP contribution in [0, 0.1) is 0 Å². The summed E-state index contributed by atoms with van der Waals surface area (Å²) >= 11 is 0. The third kappa shape index (κ3) is 5.74. The van der Waals surface area contributed by atoms with Crippen molar-refractivity contribution in [3.05, 3.63) is 84.4 Å². The number of hydrogen-bond donors (Lipinski definition) is 2. The Balaban J connectivity index is 1.52. The minimum Gasteiger partial charge on any atom is -0.496 e. The van der Waals surface area contributed by atoms with Crippen LogP contribution in [0.5, 0.6) is 11.5 Å². The zero-order valence-corrected chi connectivity index (χ0v) is 17.2. The van der Waals surface area contributed by atoms with Gasteiger partial charge in [-0.25, -0.2) is 8.42 Å². The number of benzene rings is 3. The Morgan fingerprint density at radius 2 is 1.57 bits per heavy atom. The highest BCUT2D eigenvalue weighted by atomic mass is 32.2. The van der Waals surface area contributed by atoms with Gasteiger partial charge in [0.1, 0.15) is 11.5 Å². The fraction of sp³-hybridized carbons (Fsp3) is 0.136. The lowest BCUT2D eigenvalue weighted by molar-refractivity contribution is -0.123. The minimum atomic E-state index is -3.70. The number of nitrogens with one attached hydrogen (secondary N) is 2. The van der Waals surface area contributed by atoms with E-state index in [1.54, 1.807) is 37.4 Å². The van der Waals surface area contributed by atoms with Crippen molar-refractivity contribution in [2.24, 2.45) is 0 Å². The number of para-hydroxylation sites is 2. The standard InChI is InChI=1S/C22H22N2O5S/c1-28-21-10-6-5-7-17(21)15-23-22(25)16-29-19-11-13-20(14-12-19)30(26,27)24-18-8-3-2-4-9-18/h2-14,24H,15-16H2,1H3,(H,23,25). The number of hydrogen-bond acceptors (Lipinski definition) is 5. The van der Waals surface area contributed by atoms with E-state index in [-0.39, 0.29) is 17.4 Å². The second-order valence-corrected chi connectivity index (χ2v) is 8.00. The molecule has 0 unspecified atom stereocenters. The van der Waals surface area contributed by atoms with Crippen molar-refractivity contribution in [3.8, 4) is 11.5 Å². The van der Waals surface area contributed by atoms with Crippen LogP contribution in [-0.4, -0.2) is 28.0 Å². The number of methoxy groups -OCH3 is 1. The SMILES string of the molecule is COc1ccccc1CNC(=O)COc1ccc(S(=O)(=O)Nc2ccccc2)cc1. The molecule has 0 aliphatic heterocycles. The maximum atomic E-state index is 12.4. The first-order valence-electron chi connectivity index (χ1n) is 9.17.